The number of rotatable bonds is 4. The van der Waals surface area contributed by atoms with Crippen LogP contribution in [0.25, 0.3) is 33.3 Å². The third-order valence-electron chi connectivity index (χ3n) is 5.57. The largest absolute Gasteiger partial charge is 0.346 e. The molecule has 5 rings (SSSR count). The third-order valence-corrected chi connectivity index (χ3v) is 5.80. The highest BCUT2D eigenvalue weighted by Crippen LogP contribution is 2.32. The standard InChI is InChI=1S/C24H23ClN4/c25-21-3-1-2-19(12-21)23-15-28-24-22(23)13-20(14-27-24)18-6-4-17(5-7-18)16-29-10-8-26-9-11-29/h1-7,12-15,26H,8-11,16H2,(H,27,28). The van der Waals surface area contributed by atoms with E-state index in [1.165, 1.54) is 11.1 Å². The number of nitrogens with one attached hydrogen (secondary N) is 2. The summed E-state index contributed by atoms with van der Waals surface area (Å²) in [6, 6.07) is 19.0. The summed E-state index contributed by atoms with van der Waals surface area (Å²) < 4.78 is 0. The van der Waals surface area contributed by atoms with Crippen molar-refractivity contribution in [3.63, 3.8) is 0 Å². The average Bonchev–Trinajstić information content (AvgIpc) is 3.18. The number of halogens is 1. The van der Waals surface area contributed by atoms with Crippen molar-refractivity contribution >= 4 is 22.6 Å². The van der Waals surface area contributed by atoms with Crippen molar-refractivity contribution in [2.24, 2.45) is 0 Å². The maximum Gasteiger partial charge on any atom is 0.137 e. The summed E-state index contributed by atoms with van der Waals surface area (Å²) in [6.45, 7) is 5.39. The Labute approximate surface area is 175 Å². The second-order valence-corrected chi connectivity index (χ2v) is 7.99. The highest BCUT2D eigenvalue weighted by molar-refractivity contribution is 6.30. The van der Waals surface area contributed by atoms with Crippen LogP contribution in [0.1, 0.15) is 5.56 Å². The molecule has 146 valence electrons. The Morgan fingerprint density at radius 3 is 2.55 bits per heavy atom. The molecule has 4 nitrogen and oxygen atoms in total. The SMILES string of the molecule is Clc1cccc(-c2c[nH]c3ncc(-c4ccc(CN5CCNCC5)cc4)cc23)c1. The fourth-order valence-corrected chi connectivity index (χ4v) is 4.18. The van der Waals surface area contributed by atoms with E-state index in [4.69, 9.17) is 11.6 Å². The zero-order chi connectivity index (χ0) is 19.6. The molecular formula is C24H23ClN4. The molecule has 2 aromatic carbocycles. The summed E-state index contributed by atoms with van der Waals surface area (Å²) in [5.74, 6) is 0. The summed E-state index contributed by atoms with van der Waals surface area (Å²) in [5.41, 5.74) is 6.75. The Bertz CT molecular complexity index is 1130. The van der Waals surface area contributed by atoms with Crippen LogP contribution in [-0.2, 0) is 6.54 Å². The smallest absolute Gasteiger partial charge is 0.137 e. The highest BCUT2D eigenvalue weighted by atomic mass is 35.5. The van der Waals surface area contributed by atoms with Crippen molar-refractivity contribution in [2.75, 3.05) is 26.2 Å². The van der Waals surface area contributed by atoms with Gasteiger partial charge >= 0.3 is 0 Å². The van der Waals surface area contributed by atoms with Crippen molar-refractivity contribution in [1.82, 2.24) is 20.2 Å². The number of hydrogen-bond acceptors (Lipinski definition) is 3. The lowest BCUT2D eigenvalue weighted by atomic mass is 10.0. The zero-order valence-corrected chi connectivity index (χ0v) is 16.9. The van der Waals surface area contributed by atoms with Gasteiger partial charge in [0.1, 0.15) is 5.65 Å². The highest BCUT2D eigenvalue weighted by Gasteiger charge is 2.11. The second-order valence-electron chi connectivity index (χ2n) is 7.56. The first-order chi connectivity index (χ1) is 14.3. The average molecular weight is 403 g/mol. The van der Waals surface area contributed by atoms with E-state index in [0.717, 1.165) is 65.5 Å². The predicted molar refractivity (Wildman–Crippen MR) is 120 cm³/mol. The summed E-state index contributed by atoms with van der Waals surface area (Å²) in [5, 5.41) is 5.25. The van der Waals surface area contributed by atoms with Crippen molar-refractivity contribution in [2.45, 2.75) is 6.54 Å². The zero-order valence-electron chi connectivity index (χ0n) is 16.2. The van der Waals surface area contributed by atoms with E-state index in [0.29, 0.717) is 0 Å². The van der Waals surface area contributed by atoms with Gasteiger partial charge in [0.2, 0.25) is 0 Å². The summed E-state index contributed by atoms with van der Waals surface area (Å²) in [4.78, 5) is 10.4. The monoisotopic (exact) mass is 402 g/mol. The van der Waals surface area contributed by atoms with Gasteiger partial charge in [0.05, 0.1) is 0 Å². The van der Waals surface area contributed by atoms with Gasteiger partial charge in [0.25, 0.3) is 0 Å². The van der Waals surface area contributed by atoms with Crippen molar-refractivity contribution in [3.8, 4) is 22.3 Å². The van der Waals surface area contributed by atoms with E-state index in [9.17, 15) is 0 Å². The van der Waals surface area contributed by atoms with Crippen LogP contribution >= 0.6 is 11.6 Å². The number of aromatic nitrogens is 2. The van der Waals surface area contributed by atoms with E-state index < -0.39 is 0 Å². The van der Waals surface area contributed by atoms with Crippen molar-refractivity contribution in [3.05, 3.63) is 77.6 Å². The quantitative estimate of drug-likeness (QED) is 0.507. The second kappa shape index (κ2) is 7.99. The number of hydrogen-bond donors (Lipinski definition) is 2. The van der Waals surface area contributed by atoms with Crippen LogP contribution in [0.3, 0.4) is 0 Å². The lowest BCUT2D eigenvalue weighted by Gasteiger charge is -2.27. The first-order valence-corrected chi connectivity index (χ1v) is 10.4. The molecule has 0 radical (unpaired) electrons. The fourth-order valence-electron chi connectivity index (χ4n) is 3.99. The lowest BCUT2D eigenvalue weighted by molar-refractivity contribution is 0.233. The van der Waals surface area contributed by atoms with Crippen LogP contribution < -0.4 is 5.32 Å². The van der Waals surface area contributed by atoms with Gasteiger partial charge in [-0.05, 0) is 34.9 Å². The molecule has 0 saturated carbocycles. The molecule has 0 aliphatic carbocycles. The summed E-state index contributed by atoms with van der Waals surface area (Å²) in [7, 11) is 0. The Balaban J connectivity index is 1.43. The molecule has 0 bridgehead atoms. The van der Waals surface area contributed by atoms with Gasteiger partial charge in [-0.15, -0.1) is 0 Å². The Hall–Kier alpha value is -2.66. The molecule has 0 unspecified atom stereocenters. The van der Waals surface area contributed by atoms with Crippen LogP contribution in [-0.4, -0.2) is 41.0 Å². The third kappa shape index (κ3) is 3.92. The van der Waals surface area contributed by atoms with Crippen molar-refractivity contribution in [1.29, 1.82) is 0 Å². The number of benzene rings is 2. The number of aromatic amines is 1. The van der Waals surface area contributed by atoms with Gasteiger partial charge in [-0.25, -0.2) is 4.98 Å². The topological polar surface area (TPSA) is 44.0 Å². The molecule has 5 heteroatoms. The molecule has 4 aromatic rings. The Morgan fingerprint density at radius 2 is 1.76 bits per heavy atom. The molecule has 1 aliphatic rings. The number of pyridine rings is 1. The molecule has 1 fully saturated rings. The Kier molecular flexibility index (Phi) is 5.06. The lowest BCUT2D eigenvalue weighted by Crippen LogP contribution is -2.42. The van der Waals surface area contributed by atoms with Crippen LogP contribution in [0.15, 0.2) is 67.0 Å². The normalized spacial score (nSPS) is 15.1. The van der Waals surface area contributed by atoms with Crippen LogP contribution in [0, 0.1) is 0 Å². The molecule has 2 aromatic heterocycles. The predicted octanol–water partition coefficient (Wildman–Crippen LogP) is 4.96. The molecule has 2 N–H and O–H groups in total. The minimum atomic E-state index is 0.737. The molecule has 1 saturated heterocycles. The number of H-pyrrole nitrogens is 1. The van der Waals surface area contributed by atoms with E-state index >= 15 is 0 Å². The first kappa shape index (κ1) is 18.4. The van der Waals surface area contributed by atoms with Gasteiger partial charge in [-0.2, -0.15) is 0 Å². The molecule has 3 heterocycles. The molecular weight excluding hydrogens is 380 g/mol. The van der Waals surface area contributed by atoms with Gasteiger partial charge < -0.3 is 10.3 Å². The van der Waals surface area contributed by atoms with Gasteiger partial charge in [-0.3, -0.25) is 4.90 Å². The molecule has 0 amide bonds. The summed E-state index contributed by atoms with van der Waals surface area (Å²) in [6.07, 6.45) is 3.94. The molecule has 0 spiro atoms. The van der Waals surface area contributed by atoms with E-state index in [1.54, 1.807) is 0 Å². The number of fused-ring (bicyclic) bond motifs is 1. The van der Waals surface area contributed by atoms with Crippen LogP contribution in [0.5, 0.6) is 0 Å². The minimum absolute atomic E-state index is 0.737. The number of nitrogens with zero attached hydrogens (tertiary/aromatic N) is 2. The molecule has 0 atom stereocenters. The van der Waals surface area contributed by atoms with Gasteiger partial charge in [0, 0.05) is 66.7 Å². The van der Waals surface area contributed by atoms with Gasteiger partial charge in [-0.1, -0.05) is 48.0 Å². The fraction of sp³-hybridized carbons (Fsp3) is 0.208. The van der Waals surface area contributed by atoms with Crippen molar-refractivity contribution < 1.29 is 0 Å². The summed E-state index contributed by atoms with van der Waals surface area (Å²) >= 11 is 6.19. The van der Waals surface area contributed by atoms with Gasteiger partial charge in [0.15, 0.2) is 0 Å². The maximum atomic E-state index is 6.19. The molecule has 1 aliphatic heterocycles. The van der Waals surface area contributed by atoms with Crippen LogP contribution in [0.4, 0.5) is 0 Å². The van der Waals surface area contributed by atoms with E-state index in [1.807, 2.05) is 30.6 Å². The van der Waals surface area contributed by atoms with E-state index in [2.05, 4.69) is 56.6 Å². The van der Waals surface area contributed by atoms with Crippen LogP contribution in [0.2, 0.25) is 5.02 Å². The first-order valence-electron chi connectivity index (χ1n) is 10.0. The molecule has 29 heavy (non-hydrogen) atoms. The maximum absolute atomic E-state index is 6.19. The van der Waals surface area contributed by atoms with E-state index in [-0.39, 0.29) is 0 Å². The number of piperazine rings is 1. The minimum Gasteiger partial charge on any atom is -0.346 e. The Morgan fingerprint density at radius 1 is 0.931 bits per heavy atom.